The van der Waals surface area contributed by atoms with Gasteiger partial charge in [-0.3, -0.25) is 9.69 Å². The standard InChI is InChI=1S/C20H29N3O3/c1-4-23(10-9-21(2)3)19(24)18-16-12-22(13-17(16)18)11-14-7-5-6-8-15(14)20(25)26/h5-8,16-18H,4,9-13H2,1-3H3,(H,25,26). The average molecular weight is 359 g/mol. The van der Waals surface area contributed by atoms with Crippen LogP contribution in [0.15, 0.2) is 24.3 Å². The van der Waals surface area contributed by atoms with Crippen LogP contribution in [-0.4, -0.2) is 78.5 Å². The number of hydrogen-bond acceptors (Lipinski definition) is 4. The molecule has 1 saturated carbocycles. The van der Waals surface area contributed by atoms with Crippen LogP contribution in [0.2, 0.25) is 0 Å². The van der Waals surface area contributed by atoms with Gasteiger partial charge in [-0.1, -0.05) is 18.2 Å². The van der Waals surface area contributed by atoms with Gasteiger partial charge in [-0.05, 0) is 44.5 Å². The Balaban J connectivity index is 1.54. The summed E-state index contributed by atoms with van der Waals surface area (Å²) < 4.78 is 0. The first-order valence-corrected chi connectivity index (χ1v) is 9.39. The van der Waals surface area contributed by atoms with Crippen LogP contribution in [0.25, 0.3) is 0 Å². The summed E-state index contributed by atoms with van der Waals surface area (Å²) in [6.07, 6.45) is 0. The Labute approximate surface area is 155 Å². The molecule has 1 aromatic carbocycles. The van der Waals surface area contributed by atoms with E-state index >= 15 is 0 Å². The first kappa shape index (κ1) is 18.9. The van der Waals surface area contributed by atoms with E-state index in [1.54, 1.807) is 12.1 Å². The molecule has 26 heavy (non-hydrogen) atoms. The molecule has 3 rings (SSSR count). The molecule has 0 aromatic heterocycles. The lowest BCUT2D eigenvalue weighted by atomic mass is 10.1. The van der Waals surface area contributed by atoms with Gasteiger partial charge in [-0.15, -0.1) is 0 Å². The Morgan fingerprint density at radius 1 is 1.15 bits per heavy atom. The summed E-state index contributed by atoms with van der Waals surface area (Å²) in [4.78, 5) is 30.5. The van der Waals surface area contributed by atoms with Crippen LogP contribution in [0.3, 0.4) is 0 Å². The Morgan fingerprint density at radius 3 is 2.38 bits per heavy atom. The van der Waals surface area contributed by atoms with Gasteiger partial charge in [0.1, 0.15) is 0 Å². The number of carbonyl (C=O) groups is 2. The molecule has 1 aliphatic carbocycles. The van der Waals surface area contributed by atoms with Crippen molar-refractivity contribution in [2.45, 2.75) is 13.5 Å². The summed E-state index contributed by atoms with van der Waals surface area (Å²) in [5.74, 6) is 0.469. The van der Waals surface area contributed by atoms with Crippen molar-refractivity contribution in [3.63, 3.8) is 0 Å². The predicted molar refractivity (Wildman–Crippen MR) is 100.0 cm³/mol. The fourth-order valence-electron chi connectivity index (χ4n) is 4.17. The monoisotopic (exact) mass is 359 g/mol. The van der Waals surface area contributed by atoms with Crippen molar-refractivity contribution >= 4 is 11.9 Å². The van der Waals surface area contributed by atoms with Gasteiger partial charge in [0, 0.05) is 45.2 Å². The number of rotatable bonds is 8. The van der Waals surface area contributed by atoms with E-state index in [-0.39, 0.29) is 5.92 Å². The Morgan fingerprint density at radius 2 is 1.81 bits per heavy atom. The number of nitrogens with zero attached hydrogens (tertiary/aromatic N) is 3. The van der Waals surface area contributed by atoms with Crippen LogP contribution < -0.4 is 0 Å². The summed E-state index contributed by atoms with van der Waals surface area (Å²) in [5, 5.41) is 9.32. The van der Waals surface area contributed by atoms with Gasteiger partial charge in [0.15, 0.2) is 0 Å². The summed E-state index contributed by atoms with van der Waals surface area (Å²) in [5.41, 5.74) is 1.23. The highest BCUT2D eigenvalue weighted by atomic mass is 16.4. The molecule has 2 fully saturated rings. The lowest BCUT2D eigenvalue weighted by Crippen LogP contribution is -2.39. The fourth-order valence-corrected chi connectivity index (χ4v) is 4.17. The zero-order chi connectivity index (χ0) is 18.8. The minimum absolute atomic E-state index is 0.170. The molecule has 1 saturated heterocycles. The van der Waals surface area contributed by atoms with E-state index in [2.05, 4.69) is 9.80 Å². The minimum atomic E-state index is -0.877. The number of benzene rings is 1. The number of piperidine rings is 1. The molecule has 6 heteroatoms. The maximum Gasteiger partial charge on any atom is 0.336 e. The van der Waals surface area contributed by atoms with E-state index < -0.39 is 5.97 Å². The first-order chi connectivity index (χ1) is 12.4. The highest BCUT2D eigenvalue weighted by molar-refractivity contribution is 5.89. The fraction of sp³-hybridized carbons (Fsp3) is 0.600. The van der Waals surface area contributed by atoms with E-state index in [1.807, 2.05) is 38.1 Å². The topological polar surface area (TPSA) is 64.1 Å². The molecule has 1 amide bonds. The van der Waals surface area contributed by atoms with Crippen molar-refractivity contribution in [2.24, 2.45) is 17.8 Å². The molecular weight excluding hydrogens is 330 g/mol. The summed E-state index contributed by atoms with van der Waals surface area (Å²) in [7, 11) is 4.05. The van der Waals surface area contributed by atoms with Crippen LogP contribution in [-0.2, 0) is 11.3 Å². The number of carboxylic acids is 1. The molecule has 1 aromatic rings. The molecular formula is C20H29N3O3. The molecule has 0 bridgehead atoms. The van der Waals surface area contributed by atoms with E-state index in [9.17, 15) is 14.7 Å². The van der Waals surface area contributed by atoms with Gasteiger partial charge in [0.2, 0.25) is 5.91 Å². The van der Waals surface area contributed by atoms with Crippen molar-refractivity contribution in [1.82, 2.24) is 14.7 Å². The van der Waals surface area contributed by atoms with Gasteiger partial charge < -0.3 is 14.9 Å². The molecule has 0 radical (unpaired) electrons. The van der Waals surface area contributed by atoms with E-state index in [0.29, 0.717) is 29.9 Å². The number of aromatic carboxylic acids is 1. The van der Waals surface area contributed by atoms with E-state index in [4.69, 9.17) is 0 Å². The molecule has 1 aliphatic heterocycles. The van der Waals surface area contributed by atoms with Crippen molar-refractivity contribution < 1.29 is 14.7 Å². The summed E-state index contributed by atoms with van der Waals surface area (Å²) in [6.45, 7) is 6.90. The second kappa shape index (κ2) is 7.76. The van der Waals surface area contributed by atoms with Crippen molar-refractivity contribution in [3.05, 3.63) is 35.4 Å². The van der Waals surface area contributed by atoms with E-state index in [0.717, 1.165) is 38.3 Å². The maximum absolute atomic E-state index is 12.8. The van der Waals surface area contributed by atoms with Gasteiger partial charge >= 0.3 is 5.97 Å². The predicted octanol–water partition coefficient (Wildman–Crippen LogP) is 1.47. The summed E-state index contributed by atoms with van der Waals surface area (Å²) in [6, 6.07) is 7.19. The zero-order valence-corrected chi connectivity index (χ0v) is 15.9. The molecule has 2 unspecified atom stereocenters. The van der Waals surface area contributed by atoms with Crippen LogP contribution in [0.1, 0.15) is 22.8 Å². The number of fused-ring (bicyclic) bond motifs is 1. The largest absolute Gasteiger partial charge is 0.478 e. The Hall–Kier alpha value is -1.92. The third kappa shape index (κ3) is 3.91. The lowest BCUT2D eigenvalue weighted by molar-refractivity contribution is -0.133. The second-order valence-electron chi connectivity index (χ2n) is 7.73. The van der Waals surface area contributed by atoms with Gasteiger partial charge in [-0.25, -0.2) is 4.79 Å². The van der Waals surface area contributed by atoms with Crippen LogP contribution in [0.4, 0.5) is 0 Å². The minimum Gasteiger partial charge on any atom is -0.478 e. The maximum atomic E-state index is 12.8. The van der Waals surface area contributed by atoms with E-state index in [1.165, 1.54) is 0 Å². The van der Waals surface area contributed by atoms with Crippen molar-refractivity contribution in [1.29, 1.82) is 0 Å². The number of carboxylic acid groups (broad SMARTS) is 1. The first-order valence-electron chi connectivity index (χ1n) is 9.39. The quantitative estimate of drug-likeness (QED) is 0.762. The third-order valence-electron chi connectivity index (χ3n) is 5.71. The van der Waals surface area contributed by atoms with Gasteiger partial charge in [0.05, 0.1) is 5.56 Å². The van der Waals surface area contributed by atoms with Crippen LogP contribution >= 0.6 is 0 Å². The van der Waals surface area contributed by atoms with Crippen LogP contribution in [0.5, 0.6) is 0 Å². The van der Waals surface area contributed by atoms with Crippen LogP contribution in [0, 0.1) is 17.8 Å². The molecule has 1 heterocycles. The SMILES string of the molecule is CCN(CCN(C)C)C(=O)C1C2CN(Cc3ccccc3C(=O)O)CC21. The Bertz CT molecular complexity index is 664. The second-order valence-corrected chi connectivity index (χ2v) is 7.73. The third-order valence-corrected chi connectivity index (χ3v) is 5.71. The van der Waals surface area contributed by atoms with Gasteiger partial charge in [-0.2, -0.15) is 0 Å². The molecule has 6 nitrogen and oxygen atoms in total. The highest BCUT2D eigenvalue weighted by Crippen LogP contribution is 2.52. The van der Waals surface area contributed by atoms with Crippen molar-refractivity contribution in [2.75, 3.05) is 46.8 Å². The zero-order valence-electron chi connectivity index (χ0n) is 15.9. The molecule has 2 atom stereocenters. The summed E-state index contributed by atoms with van der Waals surface area (Å²) >= 11 is 0. The lowest BCUT2D eigenvalue weighted by Gasteiger charge is -2.25. The number of likely N-dealkylation sites (N-methyl/N-ethyl adjacent to an activating group) is 2. The average Bonchev–Trinajstić information content (AvgIpc) is 3.10. The van der Waals surface area contributed by atoms with Gasteiger partial charge in [0.25, 0.3) is 0 Å². The molecule has 0 spiro atoms. The normalized spacial score (nSPS) is 24.5. The number of carbonyl (C=O) groups excluding carboxylic acids is 1. The highest BCUT2D eigenvalue weighted by Gasteiger charge is 2.59. The number of amides is 1. The smallest absolute Gasteiger partial charge is 0.336 e. The van der Waals surface area contributed by atoms with Crippen molar-refractivity contribution in [3.8, 4) is 0 Å². The molecule has 142 valence electrons. The molecule has 2 aliphatic rings. The number of hydrogen-bond donors (Lipinski definition) is 1. The number of likely N-dealkylation sites (tertiary alicyclic amines) is 1. The Kier molecular flexibility index (Phi) is 5.63. The molecule has 1 N–H and O–H groups in total.